The van der Waals surface area contributed by atoms with E-state index in [9.17, 15) is 20.0 Å². The van der Waals surface area contributed by atoms with Gasteiger partial charge >= 0.3 is 0 Å². The molecule has 7 heteroatoms. The van der Waals surface area contributed by atoms with Gasteiger partial charge in [-0.2, -0.15) is 5.10 Å². The maximum Gasteiger partial charge on any atom is 0.275 e. The lowest BCUT2D eigenvalue weighted by Crippen LogP contribution is -2.20. The second-order valence-electron chi connectivity index (χ2n) is 5.07. The Morgan fingerprint density at radius 3 is 2.67 bits per heavy atom. The van der Waals surface area contributed by atoms with Crippen LogP contribution in [0.15, 0.2) is 53.6 Å². The van der Waals surface area contributed by atoms with Crippen LogP contribution in [0.1, 0.15) is 35.7 Å². The first kappa shape index (κ1) is 17.1. The highest BCUT2D eigenvalue weighted by atomic mass is 16.6. The summed E-state index contributed by atoms with van der Waals surface area (Å²) < 4.78 is 0. The van der Waals surface area contributed by atoms with E-state index >= 15 is 0 Å². The highest BCUT2D eigenvalue weighted by molar-refractivity contribution is 6.03. The molecular formula is C17H17N3O4. The first-order valence-electron chi connectivity index (χ1n) is 7.42. The Morgan fingerprint density at radius 2 is 2.00 bits per heavy atom. The molecule has 0 radical (unpaired) electrons. The molecule has 0 aliphatic heterocycles. The minimum absolute atomic E-state index is 0.0386. The molecule has 0 aliphatic rings. The molecule has 2 aromatic rings. The Morgan fingerprint density at radius 1 is 1.25 bits per heavy atom. The number of hydrazone groups is 1. The number of nitro benzene ring substituents is 1. The number of carbonyl (C=O) groups excluding carboxylic acids is 1. The zero-order chi connectivity index (χ0) is 17.5. The van der Waals surface area contributed by atoms with Gasteiger partial charge in [-0.05, 0) is 18.6 Å². The maximum atomic E-state index is 12.1. The van der Waals surface area contributed by atoms with E-state index in [1.165, 1.54) is 24.3 Å². The lowest BCUT2D eigenvalue weighted by atomic mass is 10.1. The van der Waals surface area contributed by atoms with Crippen molar-refractivity contribution in [1.82, 2.24) is 5.43 Å². The topological polar surface area (TPSA) is 105 Å². The minimum atomic E-state index is -0.549. The molecule has 0 atom stereocenters. The van der Waals surface area contributed by atoms with Gasteiger partial charge in [0.05, 0.1) is 16.2 Å². The highest BCUT2D eigenvalue weighted by Gasteiger charge is 2.12. The molecule has 0 saturated heterocycles. The molecule has 0 aromatic heterocycles. The standard InChI is InChI=1S/C17H17N3O4/c1-2-6-15(12-7-5-8-13(11-12)20(23)24)18-19-17(22)14-9-3-4-10-16(14)21/h3-5,7-11,21H,2,6H2,1H3,(H,19,22)/b18-15-. The molecule has 0 spiro atoms. The van der Waals surface area contributed by atoms with E-state index in [4.69, 9.17) is 0 Å². The van der Waals surface area contributed by atoms with Crippen LogP contribution in [0.25, 0.3) is 0 Å². The molecule has 0 unspecified atom stereocenters. The fourth-order valence-corrected chi connectivity index (χ4v) is 2.14. The van der Waals surface area contributed by atoms with Crippen molar-refractivity contribution in [3.8, 4) is 5.75 Å². The Kier molecular flexibility index (Phi) is 5.62. The van der Waals surface area contributed by atoms with Crippen LogP contribution in [0.3, 0.4) is 0 Å². The predicted molar refractivity (Wildman–Crippen MR) is 90.1 cm³/mol. The highest BCUT2D eigenvalue weighted by Crippen LogP contribution is 2.17. The molecule has 1 amide bonds. The molecular weight excluding hydrogens is 310 g/mol. The molecule has 0 aliphatic carbocycles. The van der Waals surface area contributed by atoms with Gasteiger partial charge in [-0.1, -0.05) is 37.6 Å². The number of hydrogen-bond acceptors (Lipinski definition) is 5. The SMILES string of the molecule is CCC/C(=N/NC(=O)c1ccccc1O)c1cccc([N+](=O)[O-])c1. The average Bonchev–Trinajstić information content (AvgIpc) is 2.58. The zero-order valence-electron chi connectivity index (χ0n) is 13.1. The van der Waals surface area contributed by atoms with Crippen LogP contribution in [-0.4, -0.2) is 21.6 Å². The summed E-state index contributed by atoms with van der Waals surface area (Å²) in [6.45, 7) is 1.94. The number of phenols is 1. The van der Waals surface area contributed by atoms with Crippen LogP contribution in [-0.2, 0) is 0 Å². The molecule has 0 heterocycles. The maximum absolute atomic E-state index is 12.1. The summed E-state index contributed by atoms with van der Waals surface area (Å²) in [7, 11) is 0. The van der Waals surface area contributed by atoms with Crippen LogP contribution >= 0.6 is 0 Å². The normalized spacial score (nSPS) is 11.1. The van der Waals surface area contributed by atoms with E-state index in [0.29, 0.717) is 17.7 Å². The van der Waals surface area contributed by atoms with Crippen molar-refractivity contribution >= 4 is 17.3 Å². The summed E-state index contributed by atoms with van der Waals surface area (Å²) in [5, 5.41) is 24.7. The third-order valence-electron chi connectivity index (χ3n) is 3.32. The Hall–Kier alpha value is -3.22. The van der Waals surface area contributed by atoms with Crippen LogP contribution in [0.5, 0.6) is 5.75 Å². The lowest BCUT2D eigenvalue weighted by Gasteiger charge is -2.07. The number of aromatic hydroxyl groups is 1. The largest absolute Gasteiger partial charge is 0.507 e. The summed E-state index contributed by atoms with van der Waals surface area (Å²) in [4.78, 5) is 22.5. The van der Waals surface area contributed by atoms with Crippen molar-refractivity contribution in [2.45, 2.75) is 19.8 Å². The molecule has 2 N–H and O–H groups in total. The van der Waals surface area contributed by atoms with Gasteiger partial charge in [0.2, 0.25) is 0 Å². The van der Waals surface area contributed by atoms with E-state index < -0.39 is 10.8 Å². The number of non-ortho nitro benzene ring substituents is 1. The fourth-order valence-electron chi connectivity index (χ4n) is 2.14. The van der Waals surface area contributed by atoms with Gasteiger partial charge < -0.3 is 5.11 Å². The number of nitrogens with zero attached hydrogens (tertiary/aromatic N) is 2. The molecule has 0 fully saturated rings. The molecule has 0 bridgehead atoms. The van der Waals surface area contributed by atoms with Crippen LogP contribution in [0.2, 0.25) is 0 Å². The molecule has 24 heavy (non-hydrogen) atoms. The van der Waals surface area contributed by atoms with E-state index in [1.807, 2.05) is 6.92 Å². The number of rotatable bonds is 6. The zero-order valence-corrected chi connectivity index (χ0v) is 13.1. The minimum Gasteiger partial charge on any atom is -0.507 e. The van der Waals surface area contributed by atoms with E-state index in [2.05, 4.69) is 10.5 Å². The van der Waals surface area contributed by atoms with Gasteiger partial charge in [-0.25, -0.2) is 5.43 Å². The summed E-state index contributed by atoms with van der Waals surface area (Å²) >= 11 is 0. The summed E-state index contributed by atoms with van der Waals surface area (Å²) in [6, 6.07) is 12.2. The van der Waals surface area contributed by atoms with Crippen molar-refractivity contribution in [3.63, 3.8) is 0 Å². The lowest BCUT2D eigenvalue weighted by molar-refractivity contribution is -0.384. The number of carbonyl (C=O) groups is 1. The number of amides is 1. The fraction of sp³-hybridized carbons (Fsp3) is 0.176. The van der Waals surface area contributed by atoms with Crippen molar-refractivity contribution in [1.29, 1.82) is 0 Å². The van der Waals surface area contributed by atoms with Gasteiger partial charge in [0.15, 0.2) is 0 Å². The van der Waals surface area contributed by atoms with Crippen LogP contribution < -0.4 is 5.43 Å². The quantitative estimate of drug-likeness (QED) is 0.482. The third-order valence-corrected chi connectivity index (χ3v) is 3.32. The number of para-hydroxylation sites is 1. The van der Waals surface area contributed by atoms with Gasteiger partial charge in [0.1, 0.15) is 5.75 Å². The Balaban J connectivity index is 2.25. The summed E-state index contributed by atoms with van der Waals surface area (Å²) in [5.74, 6) is -0.690. The predicted octanol–water partition coefficient (Wildman–Crippen LogP) is 3.23. The number of nitrogens with one attached hydrogen (secondary N) is 1. The van der Waals surface area contributed by atoms with Gasteiger partial charge in [-0.3, -0.25) is 14.9 Å². The first-order valence-corrected chi connectivity index (χ1v) is 7.42. The molecule has 2 rings (SSSR count). The number of nitro groups is 1. The molecule has 7 nitrogen and oxygen atoms in total. The average molecular weight is 327 g/mol. The molecule has 124 valence electrons. The molecule has 0 saturated carbocycles. The number of hydrogen-bond donors (Lipinski definition) is 2. The van der Waals surface area contributed by atoms with Crippen molar-refractivity contribution < 1.29 is 14.8 Å². The third kappa shape index (κ3) is 4.16. The van der Waals surface area contributed by atoms with Gasteiger partial charge in [-0.15, -0.1) is 0 Å². The summed E-state index contributed by atoms with van der Waals surface area (Å²) in [6.07, 6.45) is 1.30. The monoisotopic (exact) mass is 327 g/mol. The second-order valence-corrected chi connectivity index (χ2v) is 5.07. The first-order chi connectivity index (χ1) is 11.5. The van der Waals surface area contributed by atoms with Crippen molar-refractivity contribution in [2.75, 3.05) is 0 Å². The van der Waals surface area contributed by atoms with Crippen LogP contribution in [0, 0.1) is 10.1 Å². The van der Waals surface area contributed by atoms with E-state index in [1.54, 1.807) is 24.3 Å². The number of phenolic OH excluding ortho intramolecular Hbond substituents is 1. The Bertz CT molecular complexity index is 787. The smallest absolute Gasteiger partial charge is 0.275 e. The number of benzene rings is 2. The van der Waals surface area contributed by atoms with Crippen molar-refractivity contribution in [2.24, 2.45) is 5.10 Å². The van der Waals surface area contributed by atoms with Crippen LogP contribution in [0.4, 0.5) is 5.69 Å². The van der Waals surface area contributed by atoms with Crippen molar-refractivity contribution in [3.05, 3.63) is 69.8 Å². The van der Waals surface area contributed by atoms with E-state index in [-0.39, 0.29) is 17.0 Å². The van der Waals surface area contributed by atoms with Gasteiger partial charge in [0.25, 0.3) is 11.6 Å². The second kappa shape index (κ2) is 7.87. The van der Waals surface area contributed by atoms with E-state index in [0.717, 1.165) is 6.42 Å². The summed E-state index contributed by atoms with van der Waals surface area (Å²) in [5.41, 5.74) is 3.57. The van der Waals surface area contributed by atoms with Gasteiger partial charge in [0, 0.05) is 17.7 Å². The molecule has 2 aromatic carbocycles. The Labute approximate surface area is 138 Å².